The van der Waals surface area contributed by atoms with Crippen molar-refractivity contribution in [3.8, 4) is 0 Å². The molecule has 1 fully saturated rings. The molecule has 2 aliphatic rings. The fraction of sp³-hybridized carbons (Fsp3) is 0.143. The fourth-order valence-corrected chi connectivity index (χ4v) is 3.40. The van der Waals surface area contributed by atoms with Gasteiger partial charge in [0.1, 0.15) is 5.82 Å². The van der Waals surface area contributed by atoms with Crippen LogP contribution in [-0.4, -0.2) is 26.4 Å². The number of nitrogens with one attached hydrogen (secondary N) is 3. The molecule has 6 rings (SSSR count). The first kappa shape index (κ1) is 15.3. The molecule has 1 aliphatic heterocycles. The molecule has 0 radical (unpaired) electrons. The van der Waals surface area contributed by atoms with Crippen molar-refractivity contribution in [2.45, 2.75) is 18.8 Å². The molecule has 0 spiro atoms. The van der Waals surface area contributed by atoms with Gasteiger partial charge >= 0.3 is 0 Å². The average molecular weight is 367 g/mol. The molecule has 2 aromatic carbocycles. The van der Waals surface area contributed by atoms with E-state index in [1.165, 1.54) is 18.5 Å². The second-order valence-corrected chi connectivity index (χ2v) is 7.18. The summed E-state index contributed by atoms with van der Waals surface area (Å²) in [5.74, 6) is 2.65. The molecule has 7 heteroatoms. The first-order valence-electron chi connectivity index (χ1n) is 9.36. The number of aromatic nitrogens is 4. The quantitative estimate of drug-likeness (QED) is 0.416. The minimum absolute atomic E-state index is 0.530. The van der Waals surface area contributed by atoms with Gasteiger partial charge in [-0.1, -0.05) is 12.1 Å². The Morgan fingerprint density at radius 3 is 2.71 bits per heavy atom. The van der Waals surface area contributed by atoms with Gasteiger partial charge in [0.05, 0.1) is 11.2 Å². The lowest BCUT2D eigenvalue weighted by Gasteiger charge is -2.13. The lowest BCUT2D eigenvalue weighted by atomic mass is 10.1. The highest BCUT2D eigenvalue weighted by Crippen LogP contribution is 2.40. The minimum Gasteiger partial charge on any atom is -0.324 e. The first-order valence-corrected chi connectivity index (χ1v) is 9.36. The van der Waals surface area contributed by atoms with Crippen molar-refractivity contribution in [1.29, 1.82) is 0 Å². The third-order valence-corrected chi connectivity index (χ3v) is 5.09. The van der Waals surface area contributed by atoms with Crippen molar-refractivity contribution in [2.24, 2.45) is 4.99 Å². The maximum absolute atomic E-state index is 4.71. The van der Waals surface area contributed by atoms with Gasteiger partial charge in [0.15, 0.2) is 5.82 Å². The molecule has 1 saturated carbocycles. The highest BCUT2D eigenvalue weighted by atomic mass is 15.2. The van der Waals surface area contributed by atoms with Gasteiger partial charge in [-0.2, -0.15) is 10.1 Å². The highest BCUT2D eigenvalue weighted by molar-refractivity contribution is 5.97. The summed E-state index contributed by atoms with van der Waals surface area (Å²) in [5, 5.41) is 15.1. The van der Waals surface area contributed by atoms with Crippen LogP contribution in [0.1, 0.15) is 30.0 Å². The number of rotatable bonds is 5. The number of para-hydroxylation sites is 1. The standard InChI is InChI=1S/C21H17N7/c1-2-4-16-15(3-1)20(25-19-10-18(27-28-19)12-5-6-12)26-21(24-16)23-14-8-7-13-11-22-17(13)9-14/h1-4,7-12H,5-6H2,(H3,23,24,25,26,27,28). The smallest absolute Gasteiger partial charge is 0.229 e. The summed E-state index contributed by atoms with van der Waals surface area (Å²) >= 11 is 0. The van der Waals surface area contributed by atoms with E-state index in [-0.39, 0.29) is 0 Å². The second kappa shape index (κ2) is 5.88. The number of anilines is 4. The molecule has 7 nitrogen and oxygen atoms in total. The normalized spacial score (nSPS) is 14.6. The lowest BCUT2D eigenvalue weighted by molar-refractivity contribution is 0.966. The molecule has 136 valence electrons. The first-order chi connectivity index (χ1) is 13.8. The van der Waals surface area contributed by atoms with E-state index in [1.54, 1.807) is 0 Å². The molecule has 0 unspecified atom stereocenters. The summed E-state index contributed by atoms with van der Waals surface area (Å²) in [6.45, 7) is 0. The number of hydrogen-bond donors (Lipinski definition) is 3. The second-order valence-electron chi connectivity index (χ2n) is 7.18. The van der Waals surface area contributed by atoms with Gasteiger partial charge in [-0.3, -0.25) is 10.1 Å². The van der Waals surface area contributed by atoms with Gasteiger partial charge in [-0.05, 0) is 43.2 Å². The zero-order valence-electron chi connectivity index (χ0n) is 15.0. The van der Waals surface area contributed by atoms with E-state index in [0.29, 0.717) is 11.9 Å². The Bertz CT molecular complexity index is 1240. The van der Waals surface area contributed by atoms with Gasteiger partial charge in [-0.25, -0.2) is 4.98 Å². The van der Waals surface area contributed by atoms with Gasteiger partial charge in [0.2, 0.25) is 5.95 Å². The average Bonchev–Trinajstić information content (AvgIpc) is 3.43. The lowest BCUT2D eigenvalue weighted by Crippen LogP contribution is -2.03. The molecular formula is C21H17N7. The third kappa shape index (κ3) is 2.68. The summed E-state index contributed by atoms with van der Waals surface area (Å²) in [4.78, 5) is 13.6. The van der Waals surface area contributed by atoms with Crippen LogP contribution in [0.15, 0.2) is 53.5 Å². The van der Waals surface area contributed by atoms with Gasteiger partial charge in [-0.15, -0.1) is 0 Å². The number of nitrogens with zero attached hydrogens (tertiary/aromatic N) is 4. The van der Waals surface area contributed by atoms with E-state index in [9.17, 15) is 0 Å². The van der Waals surface area contributed by atoms with Crippen molar-refractivity contribution < 1.29 is 0 Å². The van der Waals surface area contributed by atoms with Crippen LogP contribution in [0.2, 0.25) is 0 Å². The fourth-order valence-electron chi connectivity index (χ4n) is 3.40. The van der Waals surface area contributed by atoms with Crippen molar-refractivity contribution >= 4 is 46.1 Å². The van der Waals surface area contributed by atoms with E-state index in [2.05, 4.69) is 36.9 Å². The summed E-state index contributed by atoms with van der Waals surface area (Å²) in [6.07, 6.45) is 4.32. The number of benzene rings is 2. The van der Waals surface area contributed by atoms with Crippen molar-refractivity contribution in [1.82, 2.24) is 20.2 Å². The summed E-state index contributed by atoms with van der Waals surface area (Å²) in [7, 11) is 0. The molecular weight excluding hydrogens is 350 g/mol. The van der Waals surface area contributed by atoms with Crippen LogP contribution < -0.4 is 10.6 Å². The Hall–Kier alpha value is -3.74. The minimum atomic E-state index is 0.530. The molecule has 3 heterocycles. The van der Waals surface area contributed by atoms with Crippen LogP contribution in [0.5, 0.6) is 0 Å². The Kier molecular flexibility index (Phi) is 3.22. The van der Waals surface area contributed by atoms with Crippen LogP contribution in [-0.2, 0) is 0 Å². The topological polar surface area (TPSA) is 90.9 Å². The maximum Gasteiger partial charge on any atom is 0.229 e. The maximum atomic E-state index is 4.71. The Morgan fingerprint density at radius 1 is 0.964 bits per heavy atom. The van der Waals surface area contributed by atoms with E-state index in [1.807, 2.05) is 48.7 Å². The number of hydrogen-bond acceptors (Lipinski definition) is 6. The third-order valence-electron chi connectivity index (χ3n) is 5.09. The van der Waals surface area contributed by atoms with E-state index >= 15 is 0 Å². The molecule has 28 heavy (non-hydrogen) atoms. The zero-order valence-corrected chi connectivity index (χ0v) is 15.0. The zero-order chi connectivity index (χ0) is 18.5. The van der Waals surface area contributed by atoms with Crippen molar-refractivity contribution in [2.75, 3.05) is 10.6 Å². The van der Waals surface area contributed by atoms with Crippen LogP contribution >= 0.6 is 0 Å². The predicted molar refractivity (Wildman–Crippen MR) is 110 cm³/mol. The number of fused-ring (bicyclic) bond motifs is 2. The summed E-state index contributed by atoms with van der Waals surface area (Å²) < 4.78 is 0. The van der Waals surface area contributed by atoms with Crippen LogP contribution in [0, 0.1) is 0 Å². The summed E-state index contributed by atoms with van der Waals surface area (Å²) in [5.41, 5.74) is 5.09. The van der Waals surface area contributed by atoms with Crippen LogP contribution in [0.3, 0.4) is 0 Å². The highest BCUT2D eigenvalue weighted by Gasteiger charge is 2.25. The van der Waals surface area contributed by atoms with E-state index < -0.39 is 0 Å². The largest absolute Gasteiger partial charge is 0.324 e. The van der Waals surface area contributed by atoms with Crippen molar-refractivity contribution in [3.63, 3.8) is 0 Å². The summed E-state index contributed by atoms with van der Waals surface area (Å²) in [6, 6.07) is 16.1. The molecule has 0 amide bonds. The Morgan fingerprint density at radius 2 is 1.89 bits per heavy atom. The number of H-pyrrole nitrogens is 1. The Balaban J connectivity index is 1.36. The molecule has 0 atom stereocenters. The van der Waals surface area contributed by atoms with Crippen LogP contribution in [0.4, 0.5) is 29.0 Å². The van der Waals surface area contributed by atoms with Gasteiger partial charge < -0.3 is 10.6 Å². The van der Waals surface area contributed by atoms with Crippen molar-refractivity contribution in [3.05, 3.63) is 59.8 Å². The molecule has 4 aromatic rings. The monoisotopic (exact) mass is 367 g/mol. The van der Waals surface area contributed by atoms with E-state index in [4.69, 9.17) is 4.98 Å². The predicted octanol–water partition coefficient (Wildman–Crippen LogP) is 4.78. The molecule has 0 bridgehead atoms. The molecule has 0 saturated heterocycles. The number of aliphatic imine (C=N–C) groups is 1. The molecule has 2 aromatic heterocycles. The van der Waals surface area contributed by atoms with Crippen LogP contribution in [0.25, 0.3) is 10.9 Å². The molecule has 1 aliphatic carbocycles. The number of aromatic amines is 1. The Labute approximate surface area is 161 Å². The van der Waals surface area contributed by atoms with Gasteiger partial charge in [0, 0.05) is 40.5 Å². The van der Waals surface area contributed by atoms with E-state index in [0.717, 1.165) is 39.5 Å². The molecule has 3 N–H and O–H groups in total. The SMILES string of the molecule is C1=Nc2cc(Nc3nc(Nc4cc(C5CC5)[nH]n4)c4ccccc4n3)ccc21. The van der Waals surface area contributed by atoms with Gasteiger partial charge in [0.25, 0.3) is 0 Å².